The number of allylic oxidation sites excluding steroid dienone is 1. The molecule has 0 aromatic heterocycles. The lowest BCUT2D eigenvalue weighted by atomic mass is 9.74. The molecule has 0 aromatic carbocycles. The Morgan fingerprint density at radius 1 is 1.40 bits per heavy atom. The summed E-state index contributed by atoms with van der Waals surface area (Å²) >= 11 is 0. The predicted molar refractivity (Wildman–Crippen MR) is 41.5 cm³/mol. The van der Waals surface area contributed by atoms with Gasteiger partial charge in [-0.3, -0.25) is 0 Å². The molecule has 56 valence electrons. The highest BCUT2D eigenvalue weighted by atomic mass is 16.1. The maximum Gasteiger partial charge on any atom is 0.124 e. The van der Waals surface area contributed by atoms with Gasteiger partial charge in [0.25, 0.3) is 0 Å². The Morgan fingerprint density at radius 3 is 2.50 bits per heavy atom. The maximum absolute atomic E-state index is 10.4. The molecule has 1 aliphatic rings. The first kappa shape index (κ1) is 7.56. The summed E-state index contributed by atoms with van der Waals surface area (Å²) in [6.07, 6.45) is 4.56. The third-order valence-electron chi connectivity index (χ3n) is 2.42. The molecule has 0 bridgehead atoms. The highest BCUT2D eigenvalue weighted by Gasteiger charge is 2.27. The monoisotopic (exact) mass is 138 g/mol. The molecule has 1 heteroatoms. The van der Waals surface area contributed by atoms with Gasteiger partial charge in [0.1, 0.15) is 5.94 Å². The molecule has 1 aliphatic carbocycles. The van der Waals surface area contributed by atoms with Crippen LogP contribution in [-0.4, -0.2) is 5.94 Å². The average Bonchev–Trinajstić information content (AvgIpc) is 1.87. The van der Waals surface area contributed by atoms with E-state index >= 15 is 0 Å². The summed E-state index contributed by atoms with van der Waals surface area (Å²) < 4.78 is 0. The molecule has 1 saturated carbocycles. The Hall–Kier alpha value is -0.550. The van der Waals surface area contributed by atoms with Crippen molar-refractivity contribution >= 4 is 5.94 Å². The SMILES string of the molecule is CC1(C)CCCCC1=C=O. The van der Waals surface area contributed by atoms with Gasteiger partial charge in [0, 0.05) is 5.57 Å². The van der Waals surface area contributed by atoms with Crippen LogP contribution in [0.15, 0.2) is 5.57 Å². The van der Waals surface area contributed by atoms with Gasteiger partial charge < -0.3 is 0 Å². The molecule has 0 heterocycles. The molecule has 0 aliphatic heterocycles. The third kappa shape index (κ3) is 1.30. The van der Waals surface area contributed by atoms with E-state index < -0.39 is 0 Å². The first-order valence-electron chi connectivity index (χ1n) is 3.91. The van der Waals surface area contributed by atoms with Crippen LogP contribution in [0, 0.1) is 5.41 Å². The summed E-state index contributed by atoms with van der Waals surface area (Å²) in [5.41, 5.74) is 1.12. The van der Waals surface area contributed by atoms with Crippen LogP contribution >= 0.6 is 0 Å². The van der Waals surface area contributed by atoms with Crippen LogP contribution in [0.1, 0.15) is 39.5 Å². The Labute approximate surface area is 62.1 Å². The molecule has 10 heavy (non-hydrogen) atoms. The molecular formula is C9H14O. The van der Waals surface area contributed by atoms with E-state index in [2.05, 4.69) is 19.8 Å². The standard InChI is InChI=1S/C9H14O/c1-9(2)6-4-3-5-8(9)7-10/h3-6H2,1-2H3. The predicted octanol–water partition coefficient (Wildman–Crippen LogP) is 2.34. The molecular weight excluding hydrogens is 124 g/mol. The van der Waals surface area contributed by atoms with Gasteiger partial charge in [0.05, 0.1) is 0 Å². The minimum Gasteiger partial charge on any atom is -0.234 e. The van der Waals surface area contributed by atoms with E-state index in [0.29, 0.717) is 0 Å². The largest absolute Gasteiger partial charge is 0.234 e. The Kier molecular flexibility index (Phi) is 1.96. The van der Waals surface area contributed by atoms with Gasteiger partial charge in [-0.2, -0.15) is 0 Å². The summed E-state index contributed by atoms with van der Waals surface area (Å²) in [6, 6.07) is 0. The summed E-state index contributed by atoms with van der Waals surface area (Å²) in [5, 5.41) is 0. The third-order valence-corrected chi connectivity index (χ3v) is 2.42. The van der Waals surface area contributed by atoms with Gasteiger partial charge in [-0.1, -0.05) is 20.3 Å². The van der Waals surface area contributed by atoms with Crippen LogP contribution in [0.25, 0.3) is 0 Å². The highest BCUT2D eigenvalue weighted by Crippen LogP contribution is 2.38. The van der Waals surface area contributed by atoms with Crippen LogP contribution in [0.4, 0.5) is 0 Å². The minimum absolute atomic E-state index is 0.139. The van der Waals surface area contributed by atoms with Crippen molar-refractivity contribution in [3.63, 3.8) is 0 Å². The van der Waals surface area contributed by atoms with Gasteiger partial charge in [-0.25, -0.2) is 4.79 Å². The van der Waals surface area contributed by atoms with Crippen molar-refractivity contribution < 1.29 is 4.79 Å². The number of rotatable bonds is 0. The molecule has 0 spiro atoms. The van der Waals surface area contributed by atoms with Crippen molar-refractivity contribution in [3.05, 3.63) is 5.57 Å². The molecule has 1 fully saturated rings. The molecule has 0 unspecified atom stereocenters. The van der Waals surface area contributed by atoms with Crippen molar-refractivity contribution in [2.45, 2.75) is 39.5 Å². The second-order valence-corrected chi connectivity index (χ2v) is 3.67. The van der Waals surface area contributed by atoms with E-state index in [4.69, 9.17) is 0 Å². The lowest BCUT2D eigenvalue weighted by molar-refractivity contribution is 0.338. The first-order chi connectivity index (χ1) is 4.67. The lowest BCUT2D eigenvalue weighted by Crippen LogP contribution is -2.19. The second kappa shape index (κ2) is 2.59. The van der Waals surface area contributed by atoms with Crippen molar-refractivity contribution in [2.24, 2.45) is 5.41 Å². The maximum atomic E-state index is 10.4. The van der Waals surface area contributed by atoms with E-state index in [0.717, 1.165) is 18.4 Å². The van der Waals surface area contributed by atoms with Crippen LogP contribution < -0.4 is 0 Å². The molecule has 0 N–H and O–H groups in total. The van der Waals surface area contributed by atoms with E-state index in [1.807, 2.05) is 0 Å². The molecule has 0 atom stereocenters. The van der Waals surface area contributed by atoms with E-state index in [1.165, 1.54) is 12.8 Å². The van der Waals surface area contributed by atoms with E-state index in [-0.39, 0.29) is 5.41 Å². The molecule has 0 radical (unpaired) electrons. The zero-order valence-corrected chi connectivity index (χ0v) is 6.74. The number of hydrogen-bond acceptors (Lipinski definition) is 1. The van der Waals surface area contributed by atoms with Crippen LogP contribution in [0.5, 0.6) is 0 Å². The minimum atomic E-state index is 0.139. The van der Waals surface area contributed by atoms with Gasteiger partial charge in [0.15, 0.2) is 0 Å². The smallest absolute Gasteiger partial charge is 0.124 e. The zero-order chi connectivity index (χ0) is 7.61. The fourth-order valence-electron chi connectivity index (χ4n) is 1.55. The molecule has 0 aromatic rings. The summed E-state index contributed by atoms with van der Waals surface area (Å²) in [6.45, 7) is 4.26. The number of carbonyl (C=O) groups excluding carboxylic acids is 1. The molecule has 0 amide bonds. The van der Waals surface area contributed by atoms with Gasteiger partial charge in [-0.15, -0.1) is 0 Å². The van der Waals surface area contributed by atoms with Crippen molar-refractivity contribution in [2.75, 3.05) is 0 Å². The fraction of sp³-hybridized carbons (Fsp3) is 0.778. The van der Waals surface area contributed by atoms with Crippen LogP contribution in [0.2, 0.25) is 0 Å². The van der Waals surface area contributed by atoms with E-state index in [9.17, 15) is 4.79 Å². The van der Waals surface area contributed by atoms with Gasteiger partial charge >= 0.3 is 0 Å². The Bertz CT molecular complexity index is 173. The Balaban J connectivity index is 2.79. The van der Waals surface area contributed by atoms with Crippen molar-refractivity contribution in [1.82, 2.24) is 0 Å². The second-order valence-electron chi connectivity index (χ2n) is 3.67. The van der Waals surface area contributed by atoms with Gasteiger partial charge in [-0.05, 0) is 24.7 Å². The summed E-state index contributed by atoms with van der Waals surface area (Å²) in [4.78, 5) is 10.4. The van der Waals surface area contributed by atoms with Crippen molar-refractivity contribution in [1.29, 1.82) is 0 Å². The molecule has 1 rings (SSSR count). The van der Waals surface area contributed by atoms with E-state index in [1.54, 1.807) is 0 Å². The Morgan fingerprint density at radius 2 is 2.10 bits per heavy atom. The van der Waals surface area contributed by atoms with Crippen molar-refractivity contribution in [3.8, 4) is 0 Å². The first-order valence-corrected chi connectivity index (χ1v) is 3.91. The highest BCUT2D eigenvalue weighted by molar-refractivity contribution is 5.54. The zero-order valence-electron chi connectivity index (χ0n) is 6.74. The van der Waals surface area contributed by atoms with Crippen LogP contribution in [-0.2, 0) is 4.79 Å². The molecule has 0 saturated heterocycles. The normalized spacial score (nSPS) is 24.0. The van der Waals surface area contributed by atoms with Crippen LogP contribution in [0.3, 0.4) is 0 Å². The fourth-order valence-corrected chi connectivity index (χ4v) is 1.55. The molecule has 1 nitrogen and oxygen atoms in total. The lowest BCUT2D eigenvalue weighted by Gasteiger charge is -2.29. The average molecular weight is 138 g/mol. The summed E-state index contributed by atoms with van der Waals surface area (Å²) in [7, 11) is 0. The summed E-state index contributed by atoms with van der Waals surface area (Å²) in [5.74, 6) is 2.06. The quantitative estimate of drug-likeness (QED) is 0.469. The topological polar surface area (TPSA) is 17.1 Å². The van der Waals surface area contributed by atoms with Gasteiger partial charge in [0.2, 0.25) is 0 Å². The number of hydrogen-bond donors (Lipinski definition) is 0.